The van der Waals surface area contributed by atoms with Gasteiger partial charge in [0, 0.05) is 17.7 Å². The van der Waals surface area contributed by atoms with Gasteiger partial charge in [0.05, 0.1) is 11.7 Å². The van der Waals surface area contributed by atoms with Crippen LogP contribution in [-0.2, 0) is 33.3 Å². The Labute approximate surface area is 275 Å². The highest BCUT2D eigenvalue weighted by atomic mass is 16.8. The number of carboxylic acids is 1. The fourth-order valence-electron chi connectivity index (χ4n) is 5.40. The average Bonchev–Trinajstić information content (AvgIpc) is 3.03. The van der Waals surface area contributed by atoms with Crippen LogP contribution in [-0.4, -0.2) is 136 Å². The smallest absolute Gasteiger partial charge is 0.317 e. The van der Waals surface area contributed by atoms with Gasteiger partial charge < -0.3 is 84.6 Å². The SMILES string of the molecule is C[C@@H]1O[C@@H](O[C@@H]2[C@H](OC3=Cc4c(O)cc(O)cc4OC3c3cc(O)c(O)c(O)c3)O[C@H](COC(=O)CC(=O)O)[C@H](O)[C@@H]2O)[C@@H](O)[C@H](O)[C@H]1O. The molecule has 2 aromatic carbocycles. The number of phenolic OH excluding ortho intramolecular Hbond substituents is 5. The Balaban J connectivity index is 1.53. The Bertz CT molecular complexity index is 1570. The van der Waals surface area contributed by atoms with E-state index in [1.54, 1.807) is 0 Å². The molecule has 0 spiro atoms. The first-order valence-electron chi connectivity index (χ1n) is 14.7. The Morgan fingerprint density at radius 1 is 0.796 bits per heavy atom. The third-order valence-electron chi connectivity index (χ3n) is 7.99. The summed E-state index contributed by atoms with van der Waals surface area (Å²) in [7, 11) is 0. The molecule has 2 aromatic rings. The molecular weight excluding hydrogens is 664 g/mol. The summed E-state index contributed by atoms with van der Waals surface area (Å²) in [6.45, 7) is 0.552. The van der Waals surface area contributed by atoms with Crippen molar-refractivity contribution in [1.82, 2.24) is 0 Å². The number of rotatable bonds is 9. The van der Waals surface area contributed by atoms with E-state index in [4.69, 9.17) is 33.5 Å². The van der Waals surface area contributed by atoms with Crippen molar-refractivity contribution in [3.8, 4) is 34.5 Å². The molecule has 5 rings (SSSR count). The first-order valence-corrected chi connectivity index (χ1v) is 14.7. The van der Waals surface area contributed by atoms with Crippen molar-refractivity contribution in [2.45, 2.75) is 80.9 Å². The van der Waals surface area contributed by atoms with Crippen molar-refractivity contribution in [2.24, 2.45) is 0 Å². The van der Waals surface area contributed by atoms with Gasteiger partial charge in [0.2, 0.25) is 6.29 Å². The van der Waals surface area contributed by atoms with Crippen molar-refractivity contribution in [3.63, 3.8) is 0 Å². The van der Waals surface area contributed by atoms with Crippen LogP contribution in [0.5, 0.6) is 34.5 Å². The molecule has 11 atom stereocenters. The third kappa shape index (κ3) is 7.38. The predicted molar refractivity (Wildman–Crippen MR) is 155 cm³/mol. The number of fused-ring (bicyclic) bond motifs is 1. The van der Waals surface area contributed by atoms with Gasteiger partial charge in [-0.1, -0.05) is 0 Å². The molecule has 11 N–H and O–H groups in total. The minimum Gasteiger partial charge on any atom is -0.508 e. The quantitative estimate of drug-likeness (QED) is 0.0796. The number of esters is 1. The Hall–Kier alpha value is -4.60. The highest BCUT2D eigenvalue weighted by molar-refractivity contribution is 5.90. The van der Waals surface area contributed by atoms with Crippen LogP contribution in [0.4, 0.5) is 0 Å². The lowest BCUT2D eigenvalue weighted by Crippen LogP contribution is -2.64. The number of aliphatic hydroxyl groups is 5. The summed E-state index contributed by atoms with van der Waals surface area (Å²) in [6.07, 6.45) is -18.6. The summed E-state index contributed by atoms with van der Waals surface area (Å²) < 4.78 is 33.9. The van der Waals surface area contributed by atoms with Crippen LogP contribution >= 0.6 is 0 Å². The van der Waals surface area contributed by atoms with E-state index in [0.717, 1.165) is 24.3 Å². The third-order valence-corrected chi connectivity index (χ3v) is 7.99. The van der Waals surface area contributed by atoms with Gasteiger partial charge in [-0.25, -0.2) is 0 Å². The maximum absolute atomic E-state index is 11.9. The van der Waals surface area contributed by atoms with Gasteiger partial charge in [-0.05, 0) is 25.1 Å². The maximum Gasteiger partial charge on any atom is 0.317 e. The van der Waals surface area contributed by atoms with E-state index in [-0.39, 0.29) is 22.6 Å². The van der Waals surface area contributed by atoms with Crippen molar-refractivity contribution in [3.05, 3.63) is 41.2 Å². The molecular formula is C30H34O19. The molecule has 1 unspecified atom stereocenters. The number of aliphatic carboxylic acids is 1. The number of aliphatic hydroxyl groups excluding tert-OH is 5. The van der Waals surface area contributed by atoms with Crippen LogP contribution in [0, 0.1) is 0 Å². The maximum atomic E-state index is 11.9. The van der Waals surface area contributed by atoms with Crippen LogP contribution in [0.25, 0.3) is 6.08 Å². The van der Waals surface area contributed by atoms with Gasteiger partial charge in [-0.15, -0.1) is 0 Å². The minimum absolute atomic E-state index is 0.0544. The average molecular weight is 699 g/mol. The molecule has 0 bridgehead atoms. The summed E-state index contributed by atoms with van der Waals surface area (Å²) in [5.74, 6) is -6.46. The normalized spacial score (nSPS) is 32.7. The number of hydrogen-bond donors (Lipinski definition) is 11. The van der Waals surface area contributed by atoms with E-state index < -0.39 is 121 Å². The van der Waals surface area contributed by atoms with Crippen molar-refractivity contribution >= 4 is 18.0 Å². The summed E-state index contributed by atoms with van der Waals surface area (Å²) in [5, 5.41) is 113. The zero-order valence-electron chi connectivity index (χ0n) is 25.3. The van der Waals surface area contributed by atoms with Crippen LogP contribution in [0.1, 0.15) is 30.6 Å². The molecule has 19 nitrogen and oxygen atoms in total. The first kappa shape index (κ1) is 35.7. The van der Waals surface area contributed by atoms with Crippen molar-refractivity contribution in [2.75, 3.05) is 6.61 Å². The first-order chi connectivity index (χ1) is 23.0. The molecule has 0 amide bonds. The van der Waals surface area contributed by atoms with Crippen LogP contribution in [0.15, 0.2) is 30.0 Å². The van der Waals surface area contributed by atoms with E-state index in [0.29, 0.717) is 0 Å². The van der Waals surface area contributed by atoms with Gasteiger partial charge in [0.15, 0.2) is 35.7 Å². The second kappa shape index (κ2) is 14.1. The number of hydrogen-bond acceptors (Lipinski definition) is 18. The molecule has 3 aliphatic rings. The summed E-state index contributed by atoms with van der Waals surface area (Å²) in [5.41, 5.74) is -0.126. The molecule has 49 heavy (non-hydrogen) atoms. The lowest BCUT2D eigenvalue weighted by atomic mass is 9.97. The predicted octanol–water partition coefficient (Wildman–Crippen LogP) is -1.62. The fraction of sp³-hybridized carbons (Fsp3) is 0.467. The van der Waals surface area contributed by atoms with Gasteiger partial charge in [-0.2, -0.15) is 0 Å². The number of carbonyl (C=O) groups excluding carboxylic acids is 1. The van der Waals surface area contributed by atoms with Gasteiger partial charge in [-0.3, -0.25) is 9.59 Å². The number of ether oxygens (including phenoxy) is 6. The van der Waals surface area contributed by atoms with E-state index in [2.05, 4.69) is 0 Å². The van der Waals surface area contributed by atoms with E-state index in [1.807, 2.05) is 0 Å². The topological polar surface area (TPSA) is 312 Å². The van der Waals surface area contributed by atoms with Crippen LogP contribution < -0.4 is 4.74 Å². The summed E-state index contributed by atoms with van der Waals surface area (Å²) in [6, 6.07) is 4.08. The highest BCUT2D eigenvalue weighted by Crippen LogP contribution is 2.47. The molecule has 19 heteroatoms. The largest absolute Gasteiger partial charge is 0.508 e. The van der Waals surface area contributed by atoms with Crippen LogP contribution in [0.3, 0.4) is 0 Å². The molecule has 0 saturated carbocycles. The summed E-state index contributed by atoms with van der Waals surface area (Å²) in [4.78, 5) is 22.8. The van der Waals surface area contributed by atoms with Crippen molar-refractivity contribution in [1.29, 1.82) is 0 Å². The standard InChI is InChI=1S/C30H34O19/c1-9-21(38)24(41)26(43)29(45-9)49-28-25(42)23(40)18(8-44-20(37)7-19(35)36)48-30(28)47-17-6-12-13(32)4-11(31)5-16(12)46-27(17)10-2-14(33)22(39)15(34)3-10/h2-6,9,18,21,23-34,38-43H,7-8H2,1H3,(H,35,36)/t9-,18+,21-,23-,24+,25-,26-,27?,28-,29-,30+/m0/s1. The number of aromatic hydroxyl groups is 5. The summed E-state index contributed by atoms with van der Waals surface area (Å²) >= 11 is 0. The Kier molecular flexibility index (Phi) is 10.3. The Morgan fingerprint density at radius 3 is 2.12 bits per heavy atom. The second-order valence-corrected chi connectivity index (χ2v) is 11.5. The molecule has 0 aromatic heterocycles. The molecule has 0 radical (unpaired) electrons. The molecule has 2 saturated heterocycles. The number of benzene rings is 2. The lowest BCUT2D eigenvalue weighted by molar-refractivity contribution is -0.361. The molecule has 3 aliphatic heterocycles. The lowest BCUT2D eigenvalue weighted by Gasteiger charge is -2.46. The van der Waals surface area contributed by atoms with Crippen molar-refractivity contribution < 1.29 is 94.2 Å². The molecule has 2 fully saturated rings. The zero-order chi connectivity index (χ0) is 35.9. The number of phenols is 5. The van der Waals surface area contributed by atoms with Gasteiger partial charge >= 0.3 is 11.9 Å². The Morgan fingerprint density at radius 2 is 1.47 bits per heavy atom. The van der Waals surface area contributed by atoms with Gasteiger partial charge in [0.25, 0.3) is 0 Å². The van der Waals surface area contributed by atoms with E-state index in [9.17, 15) is 60.7 Å². The molecule has 268 valence electrons. The zero-order valence-corrected chi connectivity index (χ0v) is 25.3. The molecule has 0 aliphatic carbocycles. The minimum atomic E-state index is -2.00. The second-order valence-electron chi connectivity index (χ2n) is 11.5. The number of carboxylic acid groups (broad SMARTS) is 1. The number of carbonyl (C=O) groups is 2. The monoisotopic (exact) mass is 698 g/mol. The van der Waals surface area contributed by atoms with Gasteiger partial charge in [0.1, 0.15) is 72.7 Å². The van der Waals surface area contributed by atoms with E-state index in [1.165, 1.54) is 13.0 Å². The van der Waals surface area contributed by atoms with E-state index >= 15 is 0 Å². The fourth-order valence-corrected chi connectivity index (χ4v) is 5.40. The van der Waals surface area contributed by atoms with Crippen LogP contribution in [0.2, 0.25) is 0 Å². The molecule has 3 heterocycles. The highest BCUT2D eigenvalue weighted by Gasteiger charge is 2.52.